The normalized spacial score (nSPS) is 15.9. The zero-order valence-corrected chi connectivity index (χ0v) is 12.1. The third kappa shape index (κ3) is 3.49. The van der Waals surface area contributed by atoms with Gasteiger partial charge in [-0.2, -0.15) is 0 Å². The van der Waals surface area contributed by atoms with Gasteiger partial charge in [-0.05, 0) is 56.9 Å². The van der Waals surface area contributed by atoms with Crippen LogP contribution in [-0.2, 0) is 4.79 Å². The maximum Gasteiger partial charge on any atom is 0.227 e. The van der Waals surface area contributed by atoms with E-state index in [9.17, 15) is 4.79 Å². The van der Waals surface area contributed by atoms with Gasteiger partial charge >= 0.3 is 0 Å². The van der Waals surface area contributed by atoms with Gasteiger partial charge in [-0.3, -0.25) is 4.79 Å². The van der Waals surface area contributed by atoms with Crippen LogP contribution in [0.2, 0.25) is 0 Å². The molecule has 0 spiro atoms. The molecule has 1 fully saturated rings. The molecule has 19 heavy (non-hydrogen) atoms. The van der Waals surface area contributed by atoms with Crippen molar-refractivity contribution in [3.05, 3.63) is 24.3 Å². The summed E-state index contributed by atoms with van der Waals surface area (Å²) >= 11 is 0. The summed E-state index contributed by atoms with van der Waals surface area (Å²) in [5.41, 5.74) is 2.10. The van der Waals surface area contributed by atoms with Gasteiger partial charge in [-0.1, -0.05) is 6.92 Å². The van der Waals surface area contributed by atoms with Gasteiger partial charge in [0.05, 0.1) is 0 Å². The fraction of sp³-hybridized carbons (Fsp3) is 0.562. The largest absolute Gasteiger partial charge is 0.372 e. The van der Waals surface area contributed by atoms with Crippen molar-refractivity contribution in [3.8, 4) is 0 Å². The summed E-state index contributed by atoms with van der Waals surface area (Å²) in [5, 5.41) is 3.01. The summed E-state index contributed by atoms with van der Waals surface area (Å²) in [7, 11) is 0. The average Bonchev–Trinajstić information content (AvgIpc) is 3.25. The summed E-state index contributed by atoms with van der Waals surface area (Å²) in [6.45, 7) is 8.33. The van der Waals surface area contributed by atoms with Crippen LogP contribution < -0.4 is 10.2 Å². The van der Waals surface area contributed by atoms with Gasteiger partial charge in [-0.15, -0.1) is 0 Å². The molecule has 0 aromatic heterocycles. The highest BCUT2D eigenvalue weighted by Gasteiger charge is 2.32. The lowest BCUT2D eigenvalue weighted by atomic mass is 10.1. The van der Waals surface area contributed by atoms with Gasteiger partial charge in [0.1, 0.15) is 0 Å². The van der Waals surface area contributed by atoms with E-state index in [1.54, 1.807) is 0 Å². The molecular formula is C16H24N2O. The lowest BCUT2D eigenvalue weighted by Gasteiger charge is -2.21. The molecule has 1 aromatic rings. The Kier molecular flexibility index (Phi) is 4.46. The molecular weight excluding hydrogens is 236 g/mol. The molecule has 0 radical (unpaired) electrons. The molecule has 0 aliphatic heterocycles. The third-order valence-electron chi connectivity index (χ3n) is 4.01. The molecule has 104 valence electrons. The van der Waals surface area contributed by atoms with Gasteiger partial charge < -0.3 is 10.2 Å². The zero-order chi connectivity index (χ0) is 13.8. The Morgan fingerprint density at radius 3 is 2.32 bits per heavy atom. The zero-order valence-electron chi connectivity index (χ0n) is 12.1. The number of rotatable bonds is 6. The van der Waals surface area contributed by atoms with Crippen molar-refractivity contribution in [2.75, 3.05) is 23.3 Å². The fourth-order valence-corrected chi connectivity index (χ4v) is 2.41. The van der Waals surface area contributed by atoms with E-state index in [2.05, 4.69) is 36.2 Å². The molecule has 1 unspecified atom stereocenters. The predicted molar refractivity (Wildman–Crippen MR) is 80.5 cm³/mol. The minimum absolute atomic E-state index is 0.141. The van der Waals surface area contributed by atoms with Crippen molar-refractivity contribution >= 4 is 17.3 Å². The van der Waals surface area contributed by atoms with Crippen molar-refractivity contribution in [1.29, 1.82) is 0 Å². The standard InChI is InChI=1S/C16H24N2O/c1-4-18(5-2)15-10-8-14(9-11-15)17-16(19)12(3)13-6-7-13/h8-13H,4-7H2,1-3H3,(H,17,19). The van der Waals surface area contributed by atoms with Crippen LogP contribution in [0.4, 0.5) is 11.4 Å². The molecule has 1 atom stereocenters. The van der Waals surface area contributed by atoms with Crippen LogP contribution >= 0.6 is 0 Å². The van der Waals surface area contributed by atoms with E-state index in [0.717, 1.165) is 18.8 Å². The molecule has 0 heterocycles. The van der Waals surface area contributed by atoms with Crippen LogP contribution in [0.25, 0.3) is 0 Å². The predicted octanol–water partition coefficient (Wildman–Crippen LogP) is 3.52. The highest BCUT2D eigenvalue weighted by atomic mass is 16.1. The quantitative estimate of drug-likeness (QED) is 0.848. The van der Waals surface area contributed by atoms with E-state index >= 15 is 0 Å². The van der Waals surface area contributed by atoms with Gasteiger partial charge in [0.25, 0.3) is 0 Å². The van der Waals surface area contributed by atoms with Gasteiger partial charge in [0.15, 0.2) is 0 Å². The van der Waals surface area contributed by atoms with Crippen molar-refractivity contribution in [1.82, 2.24) is 0 Å². The average molecular weight is 260 g/mol. The number of nitrogens with zero attached hydrogens (tertiary/aromatic N) is 1. The fourth-order valence-electron chi connectivity index (χ4n) is 2.41. The highest BCUT2D eigenvalue weighted by Crippen LogP contribution is 2.37. The lowest BCUT2D eigenvalue weighted by Crippen LogP contribution is -2.23. The molecule has 0 saturated heterocycles. The summed E-state index contributed by atoms with van der Waals surface area (Å²) in [6.07, 6.45) is 2.41. The molecule has 1 aliphatic carbocycles. The van der Waals surface area contributed by atoms with E-state index in [-0.39, 0.29) is 11.8 Å². The number of hydrogen-bond acceptors (Lipinski definition) is 2. The van der Waals surface area contributed by atoms with E-state index in [1.807, 2.05) is 19.1 Å². The first-order valence-electron chi connectivity index (χ1n) is 7.31. The van der Waals surface area contributed by atoms with Gasteiger partial charge in [-0.25, -0.2) is 0 Å². The van der Waals surface area contributed by atoms with Gasteiger partial charge in [0.2, 0.25) is 5.91 Å². The van der Waals surface area contributed by atoms with E-state index in [1.165, 1.54) is 18.5 Å². The molecule has 3 heteroatoms. The van der Waals surface area contributed by atoms with Crippen LogP contribution in [0.5, 0.6) is 0 Å². The Morgan fingerprint density at radius 2 is 1.84 bits per heavy atom. The van der Waals surface area contributed by atoms with E-state index < -0.39 is 0 Å². The summed E-state index contributed by atoms with van der Waals surface area (Å²) in [6, 6.07) is 8.13. The molecule has 1 amide bonds. The first kappa shape index (κ1) is 13.9. The molecule has 3 nitrogen and oxygen atoms in total. The monoisotopic (exact) mass is 260 g/mol. The Hall–Kier alpha value is -1.51. The first-order valence-corrected chi connectivity index (χ1v) is 7.31. The van der Waals surface area contributed by atoms with Crippen LogP contribution in [0.15, 0.2) is 24.3 Å². The van der Waals surface area contributed by atoms with Crippen molar-refractivity contribution in [2.45, 2.75) is 33.6 Å². The number of benzene rings is 1. The minimum Gasteiger partial charge on any atom is -0.372 e. The molecule has 1 aromatic carbocycles. The van der Waals surface area contributed by atoms with Crippen molar-refractivity contribution < 1.29 is 4.79 Å². The van der Waals surface area contributed by atoms with Crippen LogP contribution in [0.3, 0.4) is 0 Å². The summed E-state index contributed by atoms with van der Waals surface area (Å²) < 4.78 is 0. The first-order chi connectivity index (χ1) is 9.15. The van der Waals surface area contributed by atoms with Crippen molar-refractivity contribution in [3.63, 3.8) is 0 Å². The Morgan fingerprint density at radius 1 is 1.26 bits per heavy atom. The summed E-state index contributed by atoms with van der Waals surface area (Å²) in [4.78, 5) is 14.3. The second kappa shape index (κ2) is 6.09. The lowest BCUT2D eigenvalue weighted by molar-refractivity contribution is -0.119. The van der Waals surface area contributed by atoms with Crippen molar-refractivity contribution in [2.24, 2.45) is 11.8 Å². The number of hydrogen-bond donors (Lipinski definition) is 1. The number of nitrogens with one attached hydrogen (secondary N) is 1. The topological polar surface area (TPSA) is 32.3 Å². The molecule has 0 bridgehead atoms. The summed E-state index contributed by atoms with van der Waals surface area (Å²) in [5.74, 6) is 0.899. The van der Waals surface area contributed by atoms with Crippen LogP contribution in [0.1, 0.15) is 33.6 Å². The number of carbonyl (C=O) groups is 1. The third-order valence-corrected chi connectivity index (χ3v) is 4.01. The number of carbonyl (C=O) groups excluding carboxylic acids is 1. The maximum absolute atomic E-state index is 12.0. The highest BCUT2D eigenvalue weighted by molar-refractivity contribution is 5.92. The number of anilines is 2. The van der Waals surface area contributed by atoms with Gasteiger partial charge in [0, 0.05) is 30.4 Å². The minimum atomic E-state index is 0.141. The second-order valence-corrected chi connectivity index (χ2v) is 5.33. The van der Waals surface area contributed by atoms with Crippen LogP contribution in [0, 0.1) is 11.8 Å². The maximum atomic E-state index is 12.0. The molecule has 2 rings (SSSR count). The number of amides is 1. The Balaban J connectivity index is 1.96. The Labute approximate surface area is 116 Å². The second-order valence-electron chi connectivity index (χ2n) is 5.33. The van der Waals surface area contributed by atoms with Crippen LogP contribution in [-0.4, -0.2) is 19.0 Å². The van der Waals surface area contributed by atoms with E-state index in [4.69, 9.17) is 0 Å². The molecule has 1 saturated carbocycles. The smallest absolute Gasteiger partial charge is 0.227 e. The molecule has 1 N–H and O–H groups in total. The molecule has 1 aliphatic rings. The Bertz CT molecular complexity index is 419. The van der Waals surface area contributed by atoms with E-state index in [0.29, 0.717) is 5.92 Å². The SMILES string of the molecule is CCN(CC)c1ccc(NC(=O)C(C)C2CC2)cc1.